The molecule has 1 unspecified atom stereocenters. The molecule has 8 nitrogen and oxygen atoms in total. The molecule has 0 saturated carbocycles. The molecule has 0 saturated heterocycles. The smallest absolute Gasteiger partial charge is 0.318 e. The molecular formula is C46H57N5O3S. The minimum absolute atomic E-state index is 0.176. The van der Waals surface area contributed by atoms with Gasteiger partial charge < -0.3 is 20.6 Å². The Hall–Kier alpha value is -4.83. The Balaban J connectivity index is 1.38. The van der Waals surface area contributed by atoms with Crippen LogP contribution < -0.4 is 10.6 Å². The zero-order valence-corrected chi connectivity index (χ0v) is 33.7. The highest BCUT2D eigenvalue weighted by Gasteiger charge is 2.32. The van der Waals surface area contributed by atoms with Gasteiger partial charge in [0.1, 0.15) is 6.04 Å². The van der Waals surface area contributed by atoms with Crippen LogP contribution in [0.5, 0.6) is 0 Å². The second kappa shape index (κ2) is 20.7. The molecule has 55 heavy (non-hydrogen) atoms. The Labute approximate surface area is 331 Å². The van der Waals surface area contributed by atoms with Gasteiger partial charge in [0.05, 0.1) is 23.4 Å². The lowest BCUT2D eigenvalue weighted by Gasteiger charge is -2.37. The van der Waals surface area contributed by atoms with Gasteiger partial charge in [0.15, 0.2) is 0 Å². The molecule has 0 bridgehead atoms. The summed E-state index contributed by atoms with van der Waals surface area (Å²) in [6, 6.07) is 39.3. The number of aromatic nitrogens is 1. The number of nitrogens with zero attached hydrogens (tertiary/aromatic N) is 3. The molecule has 0 spiro atoms. The summed E-state index contributed by atoms with van der Waals surface area (Å²) in [5.41, 5.74) is 5.33. The second-order valence-electron chi connectivity index (χ2n) is 15.2. The summed E-state index contributed by atoms with van der Waals surface area (Å²) in [7, 11) is 1.72. The molecule has 4 aromatic carbocycles. The molecule has 5 aromatic rings. The van der Waals surface area contributed by atoms with Crippen molar-refractivity contribution in [3.8, 4) is 0 Å². The van der Waals surface area contributed by atoms with E-state index in [0.717, 1.165) is 33.0 Å². The van der Waals surface area contributed by atoms with Crippen molar-refractivity contribution in [2.75, 3.05) is 7.05 Å². The summed E-state index contributed by atoms with van der Waals surface area (Å²) in [4.78, 5) is 36.3. The predicted molar refractivity (Wildman–Crippen MR) is 224 cm³/mol. The third-order valence-electron chi connectivity index (χ3n) is 9.89. The molecule has 0 fully saturated rings. The van der Waals surface area contributed by atoms with Gasteiger partial charge in [-0.25, -0.2) is 9.78 Å². The average molecular weight is 760 g/mol. The van der Waals surface area contributed by atoms with Crippen molar-refractivity contribution in [2.24, 2.45) is 5.92 Å². The molecule has 0 radical (unpaired) electrons. The van der Waals surface area contributed by atoms with E-state index in [9.17, 15) is 14.7 Å². The summed E-state index contributed by atoms with van der Waals surface area (Å²) in [6.07, 6.45) is 0.676. The summed E-state index contributed by atoms with van der Waals surface area (Å²) in [6.45, 7) is 9.70. The van der Waals surface area contributed by atoms with E-state index in [1.165, 1.54) is 0 Å². The fourth-order valence-electron chi connectivity index (χ4n) is 6.88. The van der Waals surface area contributed by atoms with Crippen LogP contribution in [0, 0.1) is 5.92 Å². The van der Waals surface area contributed by atoms with Gasteiger partial charge in [0.2, 0.25) is 5.91 Å². The zero-order valence-electron chi connectivity index (χ0n) is 32.8. The van der Waals surface area contributed by atoms with Crippen LogP contribution >= 0.6 is 11.3 Å². The molecule has 9 heteroatoms. The van der Waals surface area contributed by atoms with Crippen LogP contribution in [-0.4, -0.2) is 63.1 Å². The van der Waals surface area contributed by atoms with E-state index in [-0.39, 0.29) is 23.9 Å². The first-order chi connectivity index (χ1) is 26.5. The maximum absolute atomic E-state index is 14.2. The molecule has 1 heterocycles. The standard InChI is InChI=1S/C46H57N5O3S/c1-33(2)43(49-46(54)50(5)31-40-32-55-45(48-40)34(3)4)44(53)47-39(26-35-18-10-6-11-19-35)28-42(52)41(27-36-20-12-7-13-21-36)51(29-37-22-14-8-15-23-37)30-38-24-16-9-17-25-38/h6-25,32-34,39,41-43,52H,26-31H2,1-5H3,(H,47,53)(H,49,54)/t39-,41-,42?,43-/m0/s1. The first-order valence-corrected chi connectivity index (χ1v) is 20.3. The zero-order chi connectivity index (χ0) is 39.2. The Morgan fingerprint density at radius 1 is 0.691 bits per heavy atom. The van der Waals surface area contributed by atoms with Crippen molar-refractivity contribution in [1.82, 2.24) is 25.4 Å². The number of carbonyl (C=O) groups excluding carboxylic acids is 2. The first-order valence-electron chi connectivity index (χ1n) is 19.4. The molecule has 1 aromatic heterocycles. The average Bonchev–Trinajstić information content (AvgIpc) is 3.66. The fourth-order valence-corrected chi connectivity index (χ4v) is 7.70. The first kappa shape index (κ1) is 41.3. The molecule has 3 N–H and O–H groups in total. The van der Waals surface area contributed by atoms with Gasteiger partial charge >= 0.3 is 6.03 Å². The van der Waals surface area contributed by atoms with Crippen molar-refractivity contribution in [3.63, 3.8) is 0 Å². The highest BCUT2D eigenvalue weighted by molar-refractivity contribution is 7.09. The van der Waals surface area contributed by atoms with E-state index < -0.39 is 18.2 Å². The maximum atomic E-state index is 14.2. The molecule has 5 rings (SSSR count). The van der Waals surface area contributed by atoms with Crippen molar-refractivity contribution in [3.05, 3.63) is 160 Å². The number of urea groups is 1. The summed E-state index contributed by atoms with van der Waals surface area (Å²) < 4.78 is 0. The quantitative estimate of drug-likeness (QED) is 0.0789. The molecule has 0 aliphatic heterocycles. The summed E-state index contributed by atoms with van der Waals surface area (Å²) in [5, 5.41) is 21.7. The summed E-state index contributed by atoms with van der Waals surface area (Å²) >= 11 is 1.59. The monoisotopic (exact) mass is 759 g/mol. The Morgan fingerprint density at radius 3 is 1.65 bits per heavy atom. The lowest BCUT2D eigenvalue weighted by atomic mass is 9.91. The number of nitrogens with one attached hydrogen (secondary N) is 2. The number of hydrogen-bond donors (Lipinski definition) is 3. The minimum atomic E-state index is -0.797. The van der Waals surface area contributed by atoms with Crippen LogP contribution in [0.15, 0.2) is 127 Å². The van der Waals surface area contributed by atoms with E-state index in [0.29, 0.717) is 44.8 Å². The molecule has 0 aliphatic rings. The number of hydrogen-bond acceptors (Lipinski definition) is 6. The van der Waals surface area contributed by atoms with E-state index in [2.05, 4.69) is 70.8 Å². The van der Waals surface area contributed by atoms with Crippen LogP contribution in [0.2, 0.25) is 0 Å². The van der Waals surface area contributed by atoms with E-state index in [1.807, 2.05) is 104 Å². The largest absolute Gasteiger partial charge is 0.391 e. The Kier molecular flexibility index (Phi) is 15.6. The predicted octanol–water partition coefficient (Wildman–Crippen LogP) is 8.22. The lowest BCUT2D eigenvalue weighted by molar-refractivity contribution is -0.125. The van der Waals surface area contributed by atoms with E-state index in [4.69, 9.17) is 0 Å². The van der Waals surface area contributed by atoms with Gasteiger partial charge in [0, 0.05) is 43.5 Å². The number of aliphatic hydroxyl groups is 1. The van der Waals surface area contributed by atoms with Crippen LogP contribution in [0.1, 0.15) is 73.0 Å². The highest BCUT2D eigenvalue weighted by Crippen LogP contribution is 2.24. The van der Waals surface area contributed by atoms with Crippen LogP contribution in [0.4, 0.5) is 4.79 Å². The number of carbonyl (C=O) groups is 2. The van der Waals surface area contributed by atoms with Gasteiger partial charge in [0.25, 0.3) is 0 Å². The molecule has 3 amide bonds. The number of benzene rings is 4. The van der Waals surface area contributed by atoms with Crippen LogP contribution in [-0.2, 0) is 37.3 Å². The van der Waals surface area contributed by atoms with Crippen molar-refractivity contribution in [1.29, 1.82) is 0 Å². The van der Waals surface area contributed by atoms with Gasteiger partial charge in [-0.15, -0.1) is 11.3 Å². The normalized spacial score (nSPS) is 13.7. The Morgan fingerprint density at radius 2 is 1.18 bits per heavy atom. The van der Waals surface area contributed by atoms with Crippen LogP contribution in [0.3, 0.4) is 0 Å². The second-order valence-corrected chi connectivity index (χ2v) is 16.1. The molecule has 0 aliphatic carbocycles. The third-order valence-corrected chi connectivity index (χ3v) is 11.1. The number of aliphatic hydroxyl groups excluding tert-OH is 1. The third kappa shape index (κ3) is 12.9. The maximum Gasteiger partial charge on any atom is 0.318 e. The Bertz CT molecular complexity index is 1830. The van der Waals surface area contributed by atoms with Gasteiger partial charge in [-0.1, -0.05) is 149 Å². The van der Waals surface area contributed by atoms with Crippen molar-refractivity contribution in [2.45, 2.75) is 96.7 Å². The van der Waals surface area contributed by atoms with Gasteiger partial charge in [-0.3, -0.25) is 9.69 Å². The van der Waals surface area contributed by atoms with Gasteiger partial charge in [-0.2, -0.15) is 0 Å². The number of amides is 3. The van der Waals surface area contributed by atoms with E-state index >= 15 is 0 Å². The number of rotatable bonds is 19. The SMILES string of the molecule is CC(C)c1nc(CN(C)C(=O)N[C@H](C(=O)N[C@@H](Cc2ccccc2)CC(O)[C@H](Cc2ccccc2)N(Cc2ccccc2)Cc2ccccc2)C(C)C)cs1. The lowest BCUT2D eigenvalue weighted by Crippen LogP contribution is -2.55. The minimum Gasteiger partial charge on any atom is -0.391 e. The highest BCUT2D eigenvalue weighted by atomic mass is 32.1. The van der Waals surface area contributed by atoms with Crippen LogP contribution in [0.25, 0.3) is 0 Å². The molecule has 4 atom stereocenters. The molecule has 290 valence electrons. The fraction of sp³-hybridized carbons (Fsp3) is 0.370. The van der Waals surface area contributed by atoms with E-state index in [1.54, 1.807) is 23.3 Å². The van der Waals surface area contributed by atoms with Crippen molar-refractivity contribution < 1.29 is 14.7 Å². The number of thiazole rings is 1. The van der Waals surface area contributed by atoms with Gasteiger partial charge in [-0.05, 0) is 47.4 Å². The topological polar surface area (TPSA) is 97.8 Å². The molecular weight excluding hydrogens is 703 g/mol. The van der Waals surface area contributed by atoms with Crippen molar-refractivity contribution >= 4 is 23.3 Å². The summed E-state index contributed by atoms with van der Waals surface area (Å²) in [5.74, 6) is -0.131.